The van der Waals surface area contributed by atoms with Crippen LogP contribution in [0.5, 0.6) is 0 Å². The molecule has 0 saturated heterocycles. The molecule has 2 aromatic rings. The molecule has 0 fully saturated rings. The van der Waals surface area contributed by atoms with Gasteiger partial charge in [-0.15, -0.1) is 0 Å². The minimum Gasteiger partial charge on any atom is -0.337 e. The third kappa shape index (κ3) is 6.23. The van der Waals surface area contributed by atoms with Gasteiger partial charge in [-0.3, -0.25) is 0 Å². The number of hydrogen-bond donors (Lipinski definition) is 2. The Bertz CT molecular complexity index is 796. The zero-order valence-electron chi connectivity index (χ0n) is 15.7. The normalized spacial score (nSPS) is 12.0. The molecule has 0 saturated carbocycles. The summed E-state index contributed by atoms with van der Waals surface area (Å²) < 4.78 is 38.3. The summed E-state index contributed by atoms with van der Waals surface area (Å²) in [4.78, 5) is 19.4. The van der Waals surface area contributed by atoms with E-state index in [1.807, 2.05) is 12.1 Å². The zero-order valence-corrected chi connectivity index (χ0v) is 15.7. The summed E-state index contributed by atoms with van der Waals surface area (Å²) in [7, 11) is 0. The molecular formula is C19H23F3N4O. The van der Waals surface area contributed by atoms with Crippen LogP contribution in [0.25, 0.3) is 0 Å². The summed E-state index contributed by atoms with van der Waals surface area (Å²) in [6.45, 7) is 7.88. The zero-order chi connectivity index (χ0) is 20.2. The van der Waals surface area contributed by atoms with Crippen LogP contribution in [0.15, 0.2) is 30.3 Å². The highest BCUT2D eigenvalue weighted by atomic mass is 19.4. The number of aromatic nitrogens is 2. The average molecular weight is 380 g/mol. The van der Waals surface area contributed by atoms with Crippen LogP contribution in [0.4, 0.5) is 23.7 Å². The highest BCUT2D eigenvalue weighted by molar-refractivity contribution is 5.89. The van der Waals surface area contributed by atoms with E-state index in [1.54, 1.807) is 12.1 Å². The molecule has 0 bridgehead atoms. The van der Waals surface area contributed by atoms with Crippen molar-refractivity contribution < 1.29 is 18.0 Å². The van der Waals surface area contributed by atoms with Crippen LogP contribution in [0.1, 0.15) is 43.5 Å². The van der Waals surface area contributed by atoms with E-state index < -0.39 is 17.9 Å². The number of anilines is 1. The quantitative estimate of drug-likeness (QED) is 0.823. The van der Waals surface area contributed by atoms with Gasteiger partial charge in [0.15, 0.2) is 0 Å². The number of alkyl halides is 3. The Balaban J connectivity index is 1.89. The first kappa shape index (κ1) is 20.7. The smallest absolute Gasteiger partial charge is 0.337 e. The molecular weight excluding hydrogens is 357 g/mol. The van der Waals surface area contributed by atoms with E-state index in [9.17, 15) is 18.0 Å². The summed E-state index contributed by atoms with van der Waals surface area (Å²) in [5.41, 5.74) is 1.05. The maximum absolute atomic E-state index is 12.8. The number of rotatable bonds is 4. The van der Waals surface area contributed by atoms with Crippen LogP contribution in [-0.4, -0.2) is 22.5 Å². The summed E-state index contributed by atoms with van der Waals surface area (Å²) in [5.74, 6) is 0.0390. The molecule has 1 aromatic heterocycles. The summed E-state index contributed by atoms with van der Waals surface area (Å²) in [6.07, 6.45) is -4.42. The SMILES string of the molecule is Cc1cc(C(F)(F)F)nc(CCNC(=O)Nc2ccc(C(C)(C)C)cc2)n1. The molecule has 8 heteroatoms. The minimum atomic E-state index is -4.52. The predicted octanol–water partition coefficient (Wildman–Crippen LogP) is 4.47. The van der Waals surface area contributed by atoms with Crippen LogP contribution in [0.3, 0.4) is 0 Å². The van der Waals surface area contributed by atoms with Crippen LogP contribution >= 0.6 is 0 Å². The van der Waals surface area contributed by atoms with E-state index in [0.717, 1.165) is 11.6 Å². The van der Waals surface area contributed by atoms with Gasteiger partial charge in [-0.05, 0) is 36.1 Å². The molecule has 0 aliphatic heterocycles. The van der Waals surface area contributed by atoms with E-state index in [2.05, 4.69) is 41.4 Å². The Morgan fingerprint density at radius 3 is 2.26 bits per heavy atom. The van der Waals surface area contributed by atoms with Gasteiger partial charge >= 0.3 is 12.2 Å². The van der Waals surface area contributed by atoms with E-state index in [0.29, 0.717) is 5.69 Å². The van der Waals surface area contributed by atoms with Crippen LogP contribution in [0, 0.1) is 6.92 Å². The maximum Gasteiger partial charge on any atom is 0.433 e. The minimum absolute atomic E-state index is 0.0177. The molecule has 5 nitrogen and oxygen atoms in total. The van der Waals surface area contributed by atoms with Gasteiger partial charge in [0, 0.05) is 24.3 Å². The molecule has 1 heterocycles. The van der Waals surface area contributed by atoms with Gasteiger partial charge < -0.3 is 10.6 Å². The van der Waals surface area contributed by atoms with E-state index in [1.165, 1.54) is 6.92 Å². The average Bonchev–Trinajstić information content (AvgIpc) is 2.53. The van der Waals surface area contributed by atoms with Gasteiger partial charge in [0.05, 0.1) is 0 Å². The van der Waals surface area contributed by atoms with Crippen LogP contribution in [-0.2, 0) is 18.0 Å². The first-order valence-corrected chi connectivity index (χ1v) is 8.52. The van der Waals surface area contributed by atoms with Gasteiger partial charge in [0.2, 0.25) is 0 Å². The topological polar surface area (TPSA) is 66.9 Å². The van der Waals surface area contributed by atoms with Gasteiger partial charge in [0.25, 0.3) is 0 Å². The lowest BCUT2D eigenvalue weighted by molar-refractivity contribution is -0.141. The van der Waals surface area contributed by atoms with Crippen LogP contribution < -0.4 is 10.6 Å². The first-order valence-electron chi connectivity index (χ1n) is 8.52. The largest absolute Gasteiger partial charge is 0.433 e. The number of aryl methyl sites for hydroxylation is 1. The van der Waals surface area contributed by atoms with Gasteiger partial charge in [-0.1, -0.05) is 32.9 Å². The van der Waals surface area contributed by atoms with Gasteiger partial charge in [-0.2, -0.15) is 13.2 Å². The molecule has 2 N–H and O–H groups in total. The molecule has 27 heavy (non-hydrogen) atoms. The second kappa shape index (κ2) is 7.94. The fourth-order valence-electron chi connectivity index (χ4n) is 2.40. The van der Waals surface area contributed by atoms with Crippen molar-refractivity contribution >= 4 is 11.7 Å². The molecule has 0 unspecified atom stereocenters. The molecule has 0 aliphatic carbocycles. The number of nitrogens with zero attached hydrogens (tertiary/aromatic N) is 2. The Kier molecular flexibility index (Phi) is 6.08. The monoisotopic (exact) mass is 380 g/mol. The van der Waals surface area contributed by atoms with Gasteiger partial charge in [0.1, 0.15) is 11.5 Å². The molecule has 0 atom stereocenters. The lowest BCUT2D eigenvalue weighted by Gasteiger charge is -2.19. The Morgan fingerprint density at radius 2 is 1.70 bits per heavy atom. The van der Waals surface area contributed by atoms with Crippen molar-refractivity contribution in [2.75, 3.05) is 11.9 Å². The van der Waals surface area contributed by atoms with Crippen molar-refractivity contribution in [3.8, 4) is 0 Å². The lowest BCUT2D eigenvalue weighted by atomic mass is 9.87. The number of urea groups is 1. The molecule has 146 valence electrons. The predicted molar refractivity (Wildman–Crippen MR) is 97.6 cm³/mol. The summed E-state index contributed by atoms with van der Waals surface area (Å²) >= 11 is 0. The number of carbonyl (C=O) groups excluding carboxylic acids is 1. The Hall–Kier alpha value is -2.64. The molecule has 0 radical (unpaired) electrons. The Morgan fingerprint density at radius 1 is 1.07 bits per heavy atom. The fourth-order valence-corrected chi connectivity index (χ4v) is 2.40. The van der Waals surface area contributed by atoms with Crippen molar-refractivity contribution in [2.24, 2.45) is 0 Å². The van der Waals surface area contributed by atoms with Crippen molar-refractivity contribution in [3.63, 3.8) is 0 Å². The first-order chi connectivity index (χ1) is 12.4. The number of nitrogens with one attached hydrogen (secondary N) is 2. The van der Waals surface area contributed by atoms with Crippen molar-refractivity contribution in [2.45, 2.75) is 45.7 Å². The summed E-state index contributed by atoms with van der Waals surface area (Å²) in [6, 6.07) is 7.94. The lowest BCUT2D eigenvalue weighted by Crippen LogP contribution is -2.31. The highest BCUT2D eigenvalue weighted by Crippen LogP contribution is 2.27. The van der Waals surface area contributed by atoms with E-state index in [4.69, 9.17) is 0 Å². The molecule has 1 aromatic carbocycles. The number of carbonyl (C=O) groups is 1. The van der Waals surface area contributed by atoms with Crippen LogP contribution in [0.2, 0.25) is 0 Å². The Labute approximate surface area is 156 Å². The highest BCUT2D eigenvalue weighted by Gasteiger charge is 2.33. The number of amides is 2. The van der Waals surface area contributed by atoms with Crippen molar-refractivity contribution in [3.05, 3.63) is 53.1 Å². The second-order valence-corrected chi connectivity index (χ2v) is 7.27. The molecule has 0 spiro atoms. The number of hydrogen-bond acceptors (Lipinski definition) is 3. The van der Waals surface area contributed by atoms with E-state index in [-0.39, 0.29) is 29.9 Å². The third-order valence-electron chi connectivity index (χ3n) is 3.83. The summed E-state index contributed by atoms with van der Waals surface area (Å²) in [5, 5.41) is 5.27. The molecule has 2 rings (SSSR count). The number of halogens is 3. The van der Waals surface area contributed by atoms with Crippen molar-refractivity contribution in [1.82, 2.24) is 15.3 Å². The maximum atomic E-state index is 12.8. The van der Waals surface area contributed by atoms with Crippen molar-refractivity contribution in [1.29, 1.82) is 0 Å². The van der Waals surface area contributed by atoms with E-state index >= 15 is 0 Å². The molecule has 2 amide bonds. The third-order valence-corrected chi connectivity index (χ3v) is 3.83. The standard InChI is InChI=1S/C19H23F3N4O/c1-12-11-15(19(20,21)22)26-16(24-12)9-10-23-17(27)25-14-7-5-13(6-8-14)18(2,3)4/h5-8,11H,9-10H2,1-4H3,(H2,23,25,27). The van der Waals surface area contributed by atoms with Gasteiger partial charge in [-0.25, -0.2) is 14.8 Å². The fraction of sp³-hybridized carbons (Fsp3) is 0.421. The number of benzene rings is 1. The second-order valence-electron chi connectivity index (χ2n) is 7.27. The molecule has 0 aliphatic rings.